The number of benzene rings is 1. The van der Waals surface area contributed by atoms with Crippen molar-refractivity contribution in [2.45, 2.75) is 33.1 Å². The number of likely N-dealkylation sites (N-methyl/N-ethyl adjacent to an activating group) is 1. The van der Waals surface area contributed by atoms with E-state index >= 15 is 0 Å². The highest BCUT2D eigenvalue weighted by molar-refractivity contribution is 7.81. The molecule has 9 heteroatoms. The Labute approximate surface area is 185 Å². The van der Waals surface area contributed by atoms with Crippen molar-refractivity contribution in [3.63, 3.8) is 0 Å². The summed E-state index contributed by atoms with van der Waals surface area (Å²) >= 11 is 5.80. The smallest absolute Gasteiger partial charge is 0.323 e. The summed E-state index contributed by atoms with van der Waals surface area (Å²) in [6, 6.07) is 8.99. The number of para-hydroxylation sites is 1. The summed E-state index contributed by atoms with van der Waals surface area (Å²) in [5.41, 5.74) is 1.72. The van der Waals surface area contributed by atoms with Crippen LogP contribution < -0.4 is 9.62 Å². The van der Waals surface area contributed by atoms with Crippen LogP contribution in [0.3, 0.4) is 0 Å². The van der Waals surface area contributed by atoms with Gasteiger partial charge in [0.15, 0.2) is 16.8 Å². The zero-order valence-corrected chi connectivity index (χ0v) is 19.0. The molecular formula is C21H26FN5OS2. The summed E-state index contributed by atoms with van der Waals surface area (Å²) < 4.78 is 16.9. The monoisotopic (exact) mass is 447 g/mol. The molecule has 1 N–H and O–H groups in total. The Balaban J connectivity index is 1.60. The van der Waals surface area contributed by atoms with Crippen LogP contribution in [0, 0.1) is 5.82 Å². The molecule has 2 aromatic heterocycles. The lowest BCUT2D eigenvalue weighted by molar-refractivity contribution is 0.216. The Morgan fingerprint density at radius 2 is 2.07 bits per heavy atom. The average molecular weight is 448 g/mol. The number of hydrogen-bond donors (Lipinski definition) is 2. The molecule has 1 unspecified atom stereocenters. The van der Waals surface area contributed by atoms with Gasteiger partial charge in [0.25, 0.3) is 0 Å². The number of halogens is 1. The summed E-state index contributed by atoms with van der Waals surface area (Å²) in [4.78, 5) is 22.9. The highest BCUT2D eigenvalue weighted by atomic mass is 32.1. The lowest BCUT2D eigenvalue weighted by Crippen LogP contribution is -2.39. The molecule has 2 heterocycles. The van der Waals surface area contributed by atoms with Crippen LogP contribution in [0.1, 0.15) is 38.7 Å². The predicted octanol–water partition coefficient (Wildman–Crippen LogP) is 5.55. The lowest BCUT2D eigenvalue weighted by atomic mass is 10.0. The van der Waals surface area contributed by atoms with Gasteiger partial charge in [0.2, 0.25) is 0 Å². The normalized spacial score (nSPS) is 12.0. The summed E-state index contributed by atoms with van der Waals surface area (Å²) in [6.45, 7) is 7.18. The first-order chi connectivity index (χ1) is 14.4. The lowest BCUT2D eigenvalue weighted by Gasteiger charge is -2.24. The van der Waals surface area contributed by atoms with Crippen LogP contribution >= 0.6 is 24.2 Å². The fraction of sp³-hybridized carbons (Fsp3) is 0.381. The van der Waals surface area contributed by atoms with Gasteiger partial charge in [-0.05, 0) is 43.0 Å². The second-order valence-corrected chi connectivity index (χ2v) is 8.52. The number of carbonyl (C=O) groups excluding carboxylic acids is 1. The van der Waals surface area contributed by atoms with Crippen molar-refractivity contribution in [3.05, 3.63) is 47.9 Å². The predicted molar refractivity (Wildman–Crippen MR) is 125 cm³/mol. The number of fused-ring (bicyclic) bond motifs is 1. The van der Waals surface area contributed by atoms with Gasteiger partial charge in [-0.3, -0.25) is 9.62 Å². The minimum absolute atomic E-state index is 0.160. The number of aromatic nitrogens is 2. The van der Waals surface area contributed by atoms with Gasteiger partial charge < -0.3 is 4.90 Å². The molecule has 0 saturated heterocycles. The van der Waals surface area contributed by atoms with Gasteiger partial charge in [0, 0.05) is 25.8 Å². The third-order valence-corrected chi connectivity index (χ3v) is 6.37. The topological polar surface area (TPSA) is 61.4 Å². The van der Waals surface area contributed by atoms with Crippen LogP contribution in [-0.4, -0.2) is 40.5 Å². The molecule has 160 valence electrons. The number of nitrogens with zero attached hydrogens (tertiary/aromatic N) is 4. The van der Waals surface area contributed by atoms with E-state index in [1.807, 2.05) is 38.1 Å². The molecule has 0 spiro atoms. The van der Waals surface area contributed by atoms with Crippen LogP contribution in [0.2, 0.25) is 0 Å². The second kappa shape index (κ2) is 10.1. The maximum absolute atomic E-state index is 14.5. The number of nitrogens with one attached hydrogen (secondary N) is 1. The van der Waals surface area contributed by atoms with Crippen LogP contribution in [0.4, 0.5) is 20.1 Å². The molecule has 0 bridgehead atoms. The Morgan fingerprint density at radius 1 is 1.30 bits per heavy atom. The molecule has 0 fully saturated rings. The fourth-order valence-electron chi connectivity index (χ4n) is 2.96. The maximum Gasteiger partial charge on any atom is 0.323 e. The number of urea groups is 1. The van der Waals surface area contributed by atoms with Crippen molar-refractivity contribution in [3.8, 4) is 0 Å². The first-order valence-corrected chi connectivity index (χ1v) is 11.2. The van der Waals surface area contributed by atoms with Gasteiger partial charge in [0.05, 0.1) is 10.2 Å². The van der Waals surface area contributed by atoms with E-state index in [0.29, 0.717) is 24.8 Å². The molecule has 3 rings (SSSR count). The Hall–Kier alpha value is -2.39. The molecular weight excluding hydrogens is 421 g/mol. The van der Waals surface area contributed by atoms with Crippen molar-refractivity contribution < 1.29 is 9.18 Å². The quantitative estimate of drug-likeness (QED) is 0.445. The van der Waals surface area contributed by atoms with Gasteiger partial charge in [0.1, 0.15) is 0 Å². The molecule has 0 radical (unpaired) electrons. The van der Waals surface area contributed by atoms with Crippen molar-refractivity contribution in [1.29, 1.82) is 0 Å². The van der Waals surface area contributed by atoms with E-state index in [2.05, 4.69) is 35.0 Å². The molecule has 0 aliphatic rings. The molecule has 0 aliphatic carbocycles. The number of hydrogen-bond acceptors (Lipinski definition) is 6. The number of rotatable bonds is 8. The van der Waals surface area contributed by atoms with Crippen molar-refractivity contribution in [2.24, 2.45) is 0 Å². The van der Waals surface area contributed by atoms with E-state index < -0.39 is 5.82 Å². The highest BCUT2D eigenvalue weighted by Crippen LogP contribution is 2.26. The molecule has 3 aromatic rings. The van der Waals surface area contributed by atoms with Gasteiger partial charge in [-0.15, -0.1) is 0 Å². The number of thiol groups is 1. The summed E-state index contributed by atoms with van der Waals surface area (Å²) in [6.07, 6.45) is 2.60. The molecule has 2 amide bonds. The Kier molecular flexibility index (Phi) is 7.49. The second-order valence-electron chi connectivity index (χ2n) is 7.00. The third-order valence-electron chi connectivity index (χ3n) is 5.03. The van der Waals surface area contributed by atoms with E-state index in [-0.39, 0.29) is 17.8 Å². The number of thiazole rings is 1. The molecule has 0 aliphatic heterocycles. The SMILES string of the molecule is CCC(C)c1cnc(N(S)CCN(CC)C(=O)Nc2nc3ccccc3s2)c(F)c1. The highest BCUT2D eigenvalue weighted by Gasteiger charge is 2.17. The average Bonchev–Trinajstić information content (AvgIpc) is 3.15. The molecule has 0 saturated carbocycles. The minimum Gasteiger partial charge on any atom is -0.323 e. The van der Waals surface area contributed by atoms with Gasteiger partial charge in [-0.25, -0.2) is 19.2 Å². The zero-order chi connectivity index (χ0) is 21.7. The summed E-state index contributed by atoms with van der Waals surface area (Å²) in [5, 5.41) is 3.40. The first-order valence-electron chi connectivity index (χ1n) is 9.96. The number of anilines is 2. The molecule has 1 atom stereocenters. The Bertz CT molecular complexity index is 979. The largest absolute Gasteiger partial charge is 0.323 e. The van der Waals surface area contributed by atoms with Crippen molar-refractivity contribution >= 4 is 51.3 Å². The van der Waals surface area contributed by atoms with E-state index in [9.17, 15) is 9.18 Å². The van der Waals surface area contributed by atoms with Crippen molar-refractivity contribution in [2.75, 3.05) is 29.3 Å². The summed E-state index contributed by atoms with van der Waals surface area (Å²) in [5.74, 6) is -0.00555. The molecule has 1 aromatic carbocycles. The fourth-order valence-corrected chi connectivity index (χ4v) is 4.05. The maximum atomic E-state index is 14.5. The molecule has 6 nitrogen and oxygen atoms in total. The van der Waals surface area contributed by atoms with Gasteiger partial charge >= 0.3 is 6.03 Å². The van der Waals surface area contributed by atoms with E-state index in [4.69, 9.17) is 0 Å². The zero-order valence-electron chi connectivity index (χ0n) is 17.3. The number of carbonyl (C=O) groups is 1. The number of amides is 2. The Morgan fingerprint density at radius 3 is 2.73 bits per heavy atom. The van der Waals surface area contributed by atoms with E-state index in [0.717, 1.165) is 22.2 Å². The standard InChI is InChI=1S/C21H26FN5OS2/c1-4-14(3)15-12-16(22)19(23-13-15)27(29)11-10-26(5-2)21(28)25-20-24-17-8-6-7-9-18(17)30-20/h6-9,12-14,29H,4-5,10-11H2,1-3H3,(H,24,25,28). The van der Waals surface area contributed by atoms with E-state index in [1.165, 1.54) is 21.7 Å². The molecule has 30 heavy (non-hydrogen) atoms. The van der Waals surface area contributed by atoms with Crippen molar-refractivity contribution in [1.82, 2.24) is 14.9 Å². The van der Waals surface area contributed by atoms with Gasteiger partial charge in [-0.1, -0.05) is 50.1 Å². The third kappa shape index (κ3) is 5.20. The minimum atomic E-state index is -0.412. The summed E-state index contributed by atoms with van der Waals surface area (Å²) in [7, 11) is 0. The van der Waals surface area contributed by atoms with E-state index in [1.54, 1.807) is 11.1 Å². The van der Waals surface area contributed by atoms with Crippen LogP contribution in [0.5, 0.6) is 0 Å². The van der Waals surface area contributed by atoms with Crippen LogP contribution in [0.15, 0.2) is 36.5 Å². The van der Waals surface area contributed by atoms with Crippen LogP contribution in [0.25, 0.3) is 10.2 Å². The number of pyridine rings is 1. The van der Waals surface area contributed by atoms with Gasteiger partial charge in [-0.2, -0.15) is 0 Å². The van der Waals surface area contributed by atoms with Crippen LogP contribution in [-0.2, 0) is 0 Å². The first kappa shape index (κ1) is 22.3.